The van der Waals surface area contributed by atoms with Gasteiger partial charge in [-0.2, -0.15) is 0 Å². The van der Waals surface area contributed by atoms with Gasteiger partial charge in [0.05, 0.1) is 42.3 Å². The minimum atomic E-state index is -0.179. The summed E-state index contributed by atoms with van der Waals surface area (Å²) in [5.74, 6) is -0.176. The molecule has 0 saturated carbocycles. The number of nitrogens with zero attached hydrogens (tertiary/aromatic N) is 1. The fourth-order valence-electron chi connectivity index (χ4n) is 2.29. The van der Waals surface area contributed by atoms with Crippen LogP contribution in [0.5, 0.6) is 0 Å². The summed E-state index contributed by atoms with van der Waals surface area (Å²) in [7, 11) is 0. The second-order valence-electron chi connectivity index (χ2n) is 4.98. The minimum Gasteiger partial charge on any atom is -0.397 e. The molecule has 1 aliphatic rings. The van der Waals surface area contributed by atoms with Gasteiger partial charge in [-0.15, -0.1) is 22.7 Å². The largest absolute Gasteiger partial charge is 0.397 e. The highest BCUT2D eigenvalue weighted by Gasteiger charge is 2.29. The van der Waals surface area contributed by atoms with Crippen molar-refractivity contribution in [2.24, 2.45) is 0 Å². The van der Waals surface area contributed by atoms with Crippen LogP contribution in [0.15, 0.2) is 22.3 Å². The van der Waals surface area contributed by atoms with Gasteiger partial charge >= 0.3 is 0 Å². The Hall–Kier alpha value is -1.48. The number of ether oxygens (including phenoxy) is 2. The molecular weight excluding hydrogens is 322 g/mol. The van der Waals surface area contributed by atoms with Gasteiger partial charge < -0.3 is 20.5 Å². The summed E-state index contributed by atoms with van der Waals surface area (Å²) in [5.41, 5.74) is 8.97. The third-order valence-electron chi connectivity index (χ3n) is 3.44. The normalized spacial score (nSPS) is 21.6. The van der Waals surface area contributed by atoms with E-state index in [0.29, 0.717) is 30.4 Å². The van der Waals surface area contributed by atoms with Gasteiger partial charge in [0.1, 0.15) is 4.88 Å². The molecule has 2 aromatic heterocycles. The quantitative estimate of drug-likeness (QED) is 0.869. The lowest BCUT2D eigenvalue weighted by molar-refractivity contribution is -0.0611. The van der Waals surface area contributed by atoms with E-state index in [4.69, 9.17) is 15.2 Å². The van der Waals surface area contributed by atoms with Crippen molar-refractivity contribution in [3.63, 3.8) is 0 Å². The van der Waals surface area contributed by atoms with E-state index in [-0.39, 0.29) is 18.1 Å². The maximum atomic E-state index is 12.3. The molecule has 3 rings (SSSR count). The van der Waals surface area contributed by atoms with Crippen LogP contribution in [0.1, 0.15) is 21.8 Å². The molecule has 3 N–H and O–H groups in total. The van der Waals surface area contributed by atoms with Crippen molar-refractivity contribution >= 4 is 34.3 Å². The predicted molar refractivity (Wildman–Crippen MR) is 86.1 cm³/mol. The molecule has 0 aliphatic carbocycles. The Labute approximate surface area is 136 Å². The van der Waals surface area contributed by atoms with E-state index in [9.17, 15) is 4.79 Å². The number of amides is 1. The maximum Gasteiger partial charge on any atom is 0.263 e. The molecule has 1 saturated heterocycles. The first-order valence-corrected chi connectivity index (χ1v) is 8.76. The molecule has 0 radical (unpaired) electrons. The summed E-state index contributed by atoms with van der Waals surface area (Å²) >= 11 is 2.87. The second kappa shape index (κ2) is 7.19. The predicted octanol–water partition coefficient (Wildman–Crippen LogP) is 1.89. The van der Waals surface area contributed by atoms with Crippen molar-refractivity contribution in [3.05, 3.63) is 32.9 Å². The van der Waals surface area contributed by atoms with Gasteiger partial charge in [0.2, 0.25) is 0 Å². The van der Waals surface area contributed by atoms with Crippen molar-refractivity contribution in [2.45, 2.75) is 25.2 Å². The Balaban J connectivity index is 1.60. The number of nitrogen functional groups attached to an aromatic ring is 1. The molecule has 3 heterocycles. The summed E-state index contributed by atoms with van der Waals surface area (Å²) in [6.45, 7) is 1.52. The van der Waals surface area contributed by atoms with E-state index in [1.54, 1.807) is 17.0 Å². The van der Waals surface area contributed by atoms with E-state index < -0.39 is 0 Å². The average Bonchev–Trinajstić information content (AvgIpc) is 3.17. The molecule has 0 spiro atoms. The Bertz CT molecular complexity index is 615. The highest BCUT2D eigenvalue weighted by Crippen LogP contribution is 2.20. The molecule has 0 aromatic carbocycles. The van der Waals surface area contributed by atoms with Crippen LogP contribution >= 0.6 is 22.7 Å². The topological polar surface area (TPSA) is 86.5 Å². The van der Waals surface area contributed by atoms with Crippen LogP contribution in [-0.2, 0) is 16.1 Å². The number of hydrogen-bond acceptors (Lipinski definition) is 7. The summed E-state index contributed by atoms with van der Waals surface area (Å²) in [4.78, 5) is 17.0. The van der Waals surface area contributed by atoms with E-state index in [1.165, 1.54) is 22.7 Å². The summed E-state index contributed by atoms with van der Waals surface area (Å²) < 4.78 is 11.4. The molecule has 0 bridgehead atoms. The van der Waals surface area contributed by atoms with Gasteiger partial charge in [-0.05, 0) is 17.9 Å². The van der Waals surface area contributed by atoms with Gasteiger partial charge in [-0.25, -0.2) is 4.98 Å². The Morgan fingerprint density at radius 3 is 3.23 bits per heavy atom. The van der Waals surface area contributed by atoms with Gasteiger partial charge in [-0.1, -0.05) is 0 Å². The number of nitrogens with one attached hydrogen (secondary N) is 1. The first-order chi connectivity index (χ1) is 10.7. The smallest absolute Gasteiger partial charge is 0.263 e. The van der Waals surface area contributed by atoms with E-state index in [2.05, 4.69) is 10.3 Å². The first kappa shape index (κ1) is 15.4. The van der Waals surface area contributed by atoms with Gasteiger partial charge in [0, 0.05) is 12.0 Å². The SMILES string of the molecule is Nc1ccsc1C(=O)N[C@@H]1COCC[C@@H]1OCc1cscn1. The molecule has 1 aliphatic heterocycles. The maximum absolute atomic E-state index is 12.3. The molecule has 1 amide bonds. The van der Waals surface area contributed by atoms with Gasteiger partial charge in [0.25, 0.3) is 5.91 Å². The second-order valence-corrected chi connectivity index (χ2v) is 6.61. The van der Waals surface area contributed by atoms with Crippen molar-refractivity contribution < 1.29 is 14.3 Å². The number of hydrogen-bond donors (Lipinski definition) is 2. The van der Waals surface area contributed by atoms with Crippen molar-refractivity contribution in [3.8, 4) is 0 Å². The zero-order chi connectivity index (χ0) is 15.4. The Kier molecular flexibility index (Phi) is 5.04. The lowest BCUT2D eigenvalue weighted by atomic mass is 10.1. The summed E-state index contributed by atoms with van der Waals surface area (Å²) in [6.07, 6.45) is 0.662. The number of thiazole rings is 1. The zero-order valence-corrected chi connectivity index (χ0v) is 13.5. The van der Waals surface area contributed by atoms with Gasteiger partial charge in [0.15, 0.2) is 0 Å². The van der Waals surface area contributed by atoms with Crippen LogP contribution in [0.4, 0.5) is 5.69 Å². The molecule has 6 nitrogen and oxygen atoms in total. The lowest BCUT2D eigenvalue weighted by Gasteiger charge is -2.31. The summed E-state index contributed by atoms with van der Waals surface area (Å²) in [6, 6.07) is 1.55. The molecule has 0 unspecified atom stereocenters. The number of rotatable bonds is 5. The fourth-order valence-corrected chi connectivity index (χ4v) is 3.56. The lowest BCUT2D eigenvalue weighted by Crippen LogP contribution is -2.50. The van der Waals surface area contributed by atoms with Crippen LogP contribution in [0.2, 0.25) is 0 Å². The molecule has 2 aromatic rings. The van der Waals surface area contributed by atoms with Crippen LogP contribution in [0.25, 0.3) is 0 Å². The third-order valence-corrected chi connectivity index (χ3v) is 5.00. The third kappa shape index (κ3) is 3.64. The van der Waals surface area contributed by atoms with E-state index >= 15 is 0 Å². The van der Waals surface area contributed by atoms with E-state index in [0.717, 1.165) is 12.1 Å². The van der Waals surface area contributed by atoms with Crippen LogP contribution < -0.4 is 11.1 Å². The minimum absolute atomic E-state index is 0.0828. The molecule has 8 heteroatoms. The highest BCUT2D eigenvalue weighted by atomic mass is 32.1. The summed E-state index contributed by atoms with van der Waals surface area (Å²) in [5, 5.41) is 6.73. The highest BCUT2D eigenvalue weighted by molar-refractivity contribution is 7.12. The molecule has 118 valence electrons. The van der Waals surface area contributed by atoms with Crippen molar-refractivity contribution in [1.29, 1.82) is 0 Å². The van der Waals surface area contributed by atoms with Crippen LogP contribution in [0.3, 0.4) is 0 Å². The molecule has 1 fully saturated rings. The molecule has 2 atom stereocenters. The number of anilines is 1. The van der Waals surface area contributed by atoms with Crippen LogP contribution in [-0.4, -0.2) is 36.3 Å². The fraction of sp³-hybridized carbons (Fsp3) is 0.429. The average molecular weight is 339 g/mol. The van der Waals surface area contributed by atoms with Gasteiger partial charge in [-0.3, -0.25) is 4.79 Å². The first-order valence-electron chi connectivity index (χ1n) is 6.94. The van der Waals surface area contributed by atoms with E-state index in [1.807, 2.05) is 5.38 Å². The Morgan fingerprint density at radius 1 is 1.59 bits per heavy atom. The van der Waals surface area contributed by atoms with Crippen molar-refractivity contribution in [2.75, 3.05) is 18.9 Å². The van der Waals surface area contributed by atoms with Crippen molar-refractivity contribution in [1.82, 2.24) is 10.3 Å². The monoisotopic (exact) mass is 339 g/mol. The number of nitrogens with two attached hydrogens (primary N) is 1. The Morgan fingerprint density at radius 2 is 2.50 bits per heavy atom. The van der Waals surface area contributed by atoms with Crippen LogP contribution in [0, 0.1) is 0 Å². The number of carbonyl (C=O) groups excluding carboxylic acids is 1. The number of thiophene rings is 1. The zero-order valence-electron chi connectivity index (χ0n) is 11.9. The molecular formula is C14H17N3O3S2. The standard InChI is InChI=1S/C14H17N3O3S2/c15-10-2-4-22-13(10)14(18)17-11-6-19-3-1-12(11)20-5-9-7-21-8-16-9/h2,4,7-8,11-12H,1,3,5-6,15H2,(H,17,18)/t11-,12+/m1/s1. The number of aromatic nitrogens is 1. The molecule has 22 heavy (non-hydrogen) atoms. The number of carbonyl (C=O) groups is 1.